The summed E-state index contributed by atoms with van der Waals surface area (Å²) in [6.45, 7) is 2.24. The zero-order valence-electron chi connectivity index (χ0n) is 17.6. The van der Waals surface area contributed by atoms with Crippen molar-refractivity contribution in [3.63, 3.8) is 0 Å². The van der Waals surface area contributed by atoms with Crippen molar-refractivity contribution in [2.24, 2.45) is 5.92 Å². The van der Waals surface area contributed by atoms with Crippen LogP contribution in [-0.2, 0) is 0 Å². The van der Waals surface area contributed by atoms with Crippen molar-refractivity contribution in [3.8, 4) is 17.2 Å². The molecule has 1 unspecified atom stereocenters. The van der Waals surface area contributed by atoms with E-state index in [2.05, 4.69) is 0 Å². The predicted octanol–water partition coefficient (Wildman–Crippen LogP) is 6.79. The minimum atomic E-state index is 0.515. The van der Waals surface area contributed by atoms with Crippen LogP contribution in [0.15, 0.2) is 91.0 Å². The van der Waals surface area contributed by atoms with E-state index in [9.17, 15) is 0 Å². The zero-order valence-corrected chi connectivity index (χ0v) is 17.6. The molecule has 0 spiro atoms. The SMILES string of the molecule is c1ccc(OCCCCC(CCCOc2ccccc2)COc2ccccc2)cc1. The summed E-state index contributed by atoms with van der Waals surface area (Å²) >= 11 is 0. The Bertz CT molecular complexity index is 790. The van der Waals surface area contributed by atoms with Crippen LogP contribution < -0.4 is 14.2 Å². The standard InChI is InChI=1S/C27H32O3/c1-4-15-25(16-5-1)28-21-11-10-13-24(23-30-27-19-8-3-9-20-27)14-12-22-29-26-17-6-2-7-18-26/h1-9,15-20,24H,10-14,21-23H2. The van der Waals surface area contributed by atoms with Gasteiger partial charge in [-0.15, -0.1) is 0 Å². The third-order valence-corrected chi connectivity index (χ3v) is 5.02. The van der Waals surface area contributed by atoms with Crippen LogP contribution in [0.5, 0.6) is 17.2 Å². The van der Waals surface area contributed by atoms with Crippen LogP contribution in [0.3, 0.4) is 0 Å². The molecule has 3 aromatic rings. The van der Waals surface area contributed by atoms with Gasteiger partial charge in [0.2, 0.25) is 0 Å². The van der Waals surface area contributed by atoms with Gasteiger partial charge in [-0.1, -0.05) is 54.6 Å². The van der Waals surface area contributed by atoms with E-state index in [0.29, 0.717) is 5.92 Å². The molecule has 0 saturated heterocycles. The number of para-hydroxylation sites is 3. The molecule has 158 valence electrons. The second kappa shape index (κ2) is 13.3. The van der Waals surface area contributed by atoms with Crippen molar-refractivity contribution in [2.75, 3.05) is 19.8 Å². The second-order valence-electron chi connectivity index (χ2n) is 7.45. The van der Waals surface area contributed by atoms with E-state index in [1.807, 2.05) is 91.0 Å². The number of unbranched alkanes of at least 4 members (excludes halogenated alkanes) is 1. The Morgan fingerprint density at radius 1 is 0.467 bits per heavy atom. The Kier molecular flexibility index (Phi) is 9.66. The zero-order chi connectivity index (χ0) is 20.7. The van der Waals surface area contributed by atoms with E-state index in [1.54, 1.807) is 0 Å². The van der Waals surface area contributed by atoms with Gasteiger partial charge < -0.3 is 14.2 Å². The maximum atomic E-state index is 6.04. The first kappa shape index (κ1) is 21.8. The molecule has 0 N–H and O–H groups in total. The summed E-state index contributed by atoms with van der Waals surface area (Å²) < 4.78 is 17.7. The first-order chi connectivity index (χ1) is 14.9. The summed E-state index contributed by atoms with van der Waals surface area (Å²) in [6.07, 6.45) is 5.44. The Balaban J connectivity index is 1.37. The van der Waals surface area contributed by atoms with E-state index in [1.165, 1.54) is 0 Å². The smallest absolute Gasteiger partial charge is 0.119 e. The summed E-state index contributed by atoms with van der Waals surface area (Å²) in [5, 5.41) is 0. The van der Waals surface area contributed by atoms with E-state index in [4.69, 9.17) is 14.2 Å². The normalized spacial score (nSPS) is 11.6. The Hall–Kier alpha value is -2.94. The van der Waals surface area contributed by atoms with Gasteiger partial charge in [0.25, 0.3) is 0 Å². The third kappa shape index (κ3) is 8.60. The largest absolute Gasteiger partial charge is 0.494 e. The number of hydrogen-bond acceptors (Lipinski definition) is 3. The number of ether oxygens (including phenoxy) is 3. The molecule has 3 rings (SSSR count). The maximum absolute atomic E-state index is 6.04. The highest BCUT2D eigenvalue weighted by Crippen LogP contribution is 2.19. The number of hydrogen-bond donors (Lipinski definition) is 0. The van der Waals surface area contributed by atoms with E-state index in [0.717, 1.165) is 69.2 Å². The van der Waals surface area contributed by atoms with Gasteiger partial charge in [0.1, 0.15) is 17.2 Å². The first-order valence-corrected chi connectivity index (χ1v) is 10.9. The topological polar surface area (TPSA) is 27.7 Å². The summed E-state index contributed by atoms with van der Waals surface area (Å²) in [7, 11) is 0. The van der Waals surface area contributed by atoms with E-state index in [-0.39, 0.29) is 0 Å². The highest BCUT2D eigenvalue weighted by Gasteiger charge is 2.10. The molecule has 0 aromatic heterocycles. The molecule has 0 amide bonds. The fraction of sp³-hybridized carbons (Fsp3) is 0.333. The van der Waals surface area contributed by atoms with Crippen LogP contribution in [0, 0.1) is 5.92 Å². The molecule has 30 heavy (non-hydrogen) atoms. The summed E-state index contributed by atoms with van der Waals surface area (Å²) in [5.74, 6) is 3.34. The van der Waals surface area contributed by atoms with Crippen LogP contribution in [0.1, 0.15) is 32.1 Å². The van der Waals surface area contributed by atoms with Crippen molar-refractivity contribution in [1.82, 2.24) is 0 Å². The molecule has 3 aromatic carbocycles. The van der Waals surface area contributed by atoms with Crippen LogP contribution in [0.25, 0.3) is 0 Å². The van der Waals surface area contributed by atoms with Gasteiger partial charge in [0, 0.05) is 0 Å². The average molecular weight is 405 g/mol. The van der Waals surface area contributed by atoms with Crippen molar-refractivity contribution >= 4 is 0 Å². The molecule has 0 saturated carbocycles. The monoisotopic (exact) mass is 404 g/mol. The molecule has 0 aliphatic heterocycles. The number of benzene rings is 3. The van der Waals surface area contributed by atoms with Crippen LogP contribution in [0.2, 0.25) is 0 Å². The molecule has 0 heterocycles. The number of rotatable bonds is 14. The van der Waals surface area contributed by atoms with Gasteiger partial charge >= 0.3 is 0 Å². The minimum absolute atomic E-state index is 0.515. The first-order valence-electron chi connectivity index (χ1n) is 10.9. The van der Waals surface area contributed by atoms with Gasteiger partial charge in [-0.3, -0.25) is 0 Å². The summed E-state index contributed by atoms with van der Waals surface area (Å²) in [4.78, 5) is 0. The average Bonchev–Trinajstić information content (AvgIpc) is 2.81. The van der Waals surface area contributed by atoms with Crippen molar-refractivity contribution < 1.29 is 14.2 Å². The lowest BCUT2D eigenvalue weighted by Gasteiger charge is -2.18. The van der Waals surface area contributed by atoms with Gasteiger partial charge in [-0.05, 0) is 74.4 Å². The van der Waals surface area contributed by atoms with Crippen LogP contribution in [0.4, 0.5) is 0 Å². The van der Waals surface area contributed by atoms with Crippen LogP contribution >= 0.6 is 0 Å². The Labute approximate surface area is 180 Å². The second-order valence-corrected chi connectivity index (χ2v) is 7.45. The Morgan fingerprint density at radius 2 is 0.900 bits per heavy atom. The lowest BCUT2D eigenvalue weighted by Crippen LogP contribution is -2.14. The highest BCUT2D eigenvalue weighted by atomic mass is 16.5. The maximum Gasteiger partial charge on any atom is 0.119 e. The molecule has 0 fully saturated rings. The van der Waals surface area contributed by atoms with E-state index >= 15 is 0 Å². The summed E-state index contributed by atoms with van der Waals surface area (Å²) in [5.41, 5.74) is 0. The molecule has 0 aliphatic rings. The van der Waals surface area contributed by atoms with Crippen molar-refractivity contribution in [1.29, 1.82) is 0 Å². The minimum Gasteiger partial charge on any atom is -0.494 e. The molecule has 0 radical (unpaired) electrons. The fourth-order valence-electron chi connectivity index (χ4n) is 3.36. The summed E-state index contributed by atoms with van der Waals surface area (Å²) in [6, 6.07) is 30.1. The van der Waals surface area contributed by atoms with E-state index < -0.39 is 0 Å². The fourth-order valence-corrected chi connectivity index (χ4v) is 3.36. The quantitative estimate of drug-likeness (QED) is 0.277. The van der Waals surface area contributed by atoms with Gasteiger partial charge in [0.05, 0.1) is 19.8 Å². The van der Waals surface area contributed by atoms with Gasteiger partial charge in [-0.25, -0.2) is 0 Å². The van der Waals surface area contributed by atoms with Crippen LogP contribution in [-0.4, -0.2) is 19.8 Å². The third-order valence-electron chi connectivity index (χ3n) is 5.02. The molecule has 0 bridgehead atoms. The molecule has 1 atom stereocenters. The van der Waals surface area contributed by atoms with Crippen molar-refractivity contribution in [3.05, 3.63) is 91.0 Å². The van der Waals surface area contributed by atoms with Gasteiger partial charge in [0.15, 0.2) is 0 Å². The lowest BCUT2D eigenvalue weighted by molar-refractivity contribution is 0.208. The predicted molar refractivity (Wildman–Crippen MR) is 122 cm³/mol. The molecular weight excluding hydrogens is 372 g/mol. The molecule has 3 heteroatoms. The highest BCUT2D eigenvalue weighted by molar-refractivity contribution is 5.22. The lowest BCUT2D eigenvalue weighted by atomic mass is 9.97. The Morgan fingerprint density at radius 3 is 1.43 bits per heavy atom. The van der Waals surface area contributed by atoms with Gasteiger partial charge in [-0.2, -0.15) is 0 Å². The molecule has 0 aliphatic carbocycles. The molecule has 3 nitrogen and oxygen atoms in total. The van der Waals surface area contributed by atoms with Crippen molar-refractivity contribution in [2.45, 2.75) is 32.1 Å². The molecular formula is C27H32O3.